The van der Waals surface area contributed by atoms with Crippen LogP contribution in [-0.2, 0) is 6.54 Å². The molecular weight excluding hydrogens is 304 g/mol. The highest BCUT2D eigenvalue weighted by molar-refractivity contribution is 5.95. The van der Waals surface area contributed by atoms with Gasteiger partial charge in [-0.25, -0.2) is 0 Å². The lowest BCUT2D eigenvalue weighted by molar-refractivity contribution is 0.0945. The van der Waals surface area contributed by atoms with Gasteiger partial charge in [-0.15, -0.1) is 0 Å². The highest BCUT2D eigenvalue weighted by atomic mass is 16.5. The summed E-state index contributed by atoms with van der Waals surface area (Å²) in [7, 11) is 0. The summed E-state index contributed by atoms with van der Waals surface area (Å²) in [6, 6.07) is 15.2. The molecule has 0 aromatic heterocycles. The van der Waals surface area contributed by atoms with Crippen LogP contribution in [0, 0.1) is 0 Å². The van der Waals surface area contributed by atoms with E-state index in [2.05, 4.69) is 10.6 Å². The van der Waals surface area contributed by atoms with Gasteiger partial charge in [-0.1, -0.05) is 24.3 Å². The van der Waals surface area contributed by atoms with Crippen molar-refractivity contribution in [1.29, 1.82) is 0 Å². The molecule has 5 heteroatoms. The highest BCUT2D eigenvalue weighted by Gasteiger charge is 2.07. The monoisotopic (exact) mass is 328 g/mol. The standard InChI is InChI=1S/C19H24N2O3/c1-14(2)24-18-9-4-3-6-16(18)13-21-17-8-5-7-15(12-17)19(23)20-10-11-22/h3-9,12,14,21-22H,10-11,13H2,1-2H3,(H,20,23). The Morgan fingerprint density at radius 3 is 2.71 bits per heavy atom. The number of nitrogens with one attached hydrogen (secondary N) is 2. The lowest BCUT2D eigenvalue weighted by atomic mass is 10.1. The normalized spacial score (nSPS) is 10.5. The molecule has 5 nitrogen and oxygen atoms in total. The second kappa shape index (κ2) is 8.93. The molecule has 0 saturated heterocycles. The minimum Gasteiger partial charge on any atom is -0.491 e. The SMILES string of the molecule is CC(C)Oc1ccccc1CNc1cccc(C(=O)NCCO)c1. The Morgan fingerprint density at radius 1 is 1.17 bits per heavy atom. The van der Waals surface area contributed by atoms with E-state index in [4.69, 9.17) is 9.84 Å². The summed E-state index contributed by atoms with van der Waals surface area (Å²) in [5, 5.41) is 14.7. The van der Waals surface area contributed by atoms with Crippen LogP contribution in [-0.4, -0.2) is 30.3 Å². The number of aliphatic hydroxyl groups excluding tert-OH is 1. The average molecular weight is 328 g/mol. The maximum absolute atomic E-state index is 11.9. The van der Waals surface area contributed by atoms with E-state index in [9.17, 15) is 4.79 Å². The zero-order chi connectivity index (χ0) is 17.4. The molecule has 0 fully saturated rings. The van der Waals surface area contributed by atoms with Crippen molar-refractivity contribution in [3.05, 3.63) is 59.7 Å². The van der Waals surface area contributed by atoms with E-state index < -0.39 is 0 Å². The van der Waals surface area contributed by atoms with Crippen molar-refractivity contribution in [2.45, 2.75) is 26.5 Å². The number of para-hydroxylation sites is 1. The average Bonchev–Trinajstić information content (AvgIpc) is 2.58. The molecule has 128 valence electrons. The van der Waals surface area contributed by atoms with Gasteiger partial charge < -0.3 is 20.5 Å². The van der Waals surface area contributed by atoms with Crippen molar-refractivity contribution < 1.29 is 14.6 Å². The molecule has 2 aromatic carbocycles. The summed E-state index contributed by atoms with van der Waals surface area (Å²) in [6.07, 6.45) is 0.115. The quantitative estimate of drug-likeness (QED) is 0.697. The fourth-order valence-corrected chi connectivity index (χ4v) is 2.26. The smallest absolute Gasteiger partial charge is 0.251 e. The van der Waals surface area contributed by atoms with Gasteiger partial charge in [-0.3, -0.25) is 4.79 Å². The van der Waals surface area contributed by atoms with E-state index in [1.807, 2.05) is 50.2 Å². The maximum Gasteiger partial charge on any atom is 0.251 e. The molecule has 2 aromatic rings. The van der Waals surface area contributed by atoms with Crippen molar-refractivity contribution in [3.63, 3.8) is 0 Å². The van der Waals surface area contributed by atoms with Crippen molar-refractivity contribution in [3.8, 4) is 5.75 Å². The van der Waals surface area contributed by atoms with Crippen LogP contribution in [0.1, 0.15) is 29.8 Å². The first-order valence-corrected chi connectivity index (χ1v) is 8.07. The van der Waals surface area contributed by atoms with Gasteiger partial charge >= 0.3 is 0 Å². The lowest BCUT2D eigenvalue weighted by Gasteiger charge is -2.15. The van der Waals surface area contributed by atoms with Gasteiger partial charge in [-0.2, -0.15) is 0 Å². The van der Waals surface area contributed by atoms with Crippen molar-refractivity contribution in [2.24, 2.45) is 0 Å². The van der Waals surface area contributed by atoms with Crippen molar-refractivity contribution in [1.82, 2.24) is 5.32 Å². The van der Waals surface area contributed by atoms with Crippen LogP contribution in [0.3, 0.4) is 0 Å². The first kappa shape index (κ1) is 17.8. The Morgan fingerprint density at radius 2 is 1.96 bits per heavy atom. The second-order valence-corrected chi connectivity index (χ2v) is 5.69. The predicted molar refractivity (Wildman–Crippen MR) is 95.4 cm³/mol. The molecule has 2 rings (SSSR count). The summed E-state index contributed by atoms with van der Waals surface area (Å²) >= 11 is 0. The number of hydrogen-bond donors (Lipinski definition) is 3. The number of carbonyl (C=O) groups excluding carboxylic acids is 1. The van der Waals surface area contributed by atoms with Crippen molar-refractivity contribution in [2.75, 3.05) is 18.5 Å². The number of hydrogen-bond acceptors (Lipinski definition) is 4. The maximum atomic E-state index is 11.9. The van der Waals surface area contributed by atoms with Gasteiger partial charge in [0.1, 0.15) is 5.75 Å². The first-order chi connectivity index (χ1) is 11.6. The molecule has 0 aliphatic carbocycles. The largest absolute Gasteiger partial charge is 0.491 e. The third-order valence-electron chi connectivity index (χ3n) is 3.34. The van der Waals surface area contributed by atoms with Crippen LogP contribution in [0.5, 0.6) is 5.75 Å². The number of aliphatic hydroxyl groups is 1. The number of ether oxygens (including phenoxy) is 1. The molecule has 0 unspecified atom stereocenters. The summed E-state index contributed by atoms with van der Waals surface area (Å²) in [5.74, 6) is 0.660. The number of amides is 1. The lowest BCUT2D eigenvalue weighted by Crippen LogP contribution is -2.26. The summed E-state index contributed by atoms with van der Waals surface area (Å²) < 4.78 is 5.81. The number of carbonyl (C=O) groups is 1. The van der Waals surface area contributed by atoms with Gasteiger partial charge in [0, 0.05) is 29.9 Å². The number of rotatable bonds is 8. The number of benzene rings is 2. The van der Waals surface area contributed by atoms with Crippen molar-refractivity contribution >= 4 is 11.6 Å². The van der Waals surface area contributed by atoms with Gasteiger partial charge in [-0.05, 0) is 38.1 Å². The molecule has 0 heterocycles. The molecule has 0 bridgehead atoms. The summed E-state index contributed by atoms with van der Waals surface area (Å²) in [5.41, 5.74) is 2.47. The van der Waals surface area contributed by atoms with E-state index in [0.717, 1.165) is 17.0 Å². The molecule has 24 heavy (non-hydrogen) atoms. The third-order valence-corrected chi connectivity index (χ3v) is 3.34. The highest BCUT2D eigenvalue weighted by Crippen LogP contribution is 2.21. The van der Waals surface area contributed by atoms with Gasteiger partial charge in [0.15, 0.2) is 0 Å². The van der Waals surface area contributed by atoms with E-state index in [0.29, 0.717) is 12.1 Å². The van der Waals surface area contributed by atoms with Crippen LogP contribution in [0.2, 0.25) is 0 Å². The van der Waals surface area contributed by atoms with E-state index >= 15 is 0 Å². The zero-order valence-electron chi connectivity index (χ0n) is 14.1. The third kappa shape index (κ3) is 5.28. The van der Waals surface area contributed by atoms with Gasteiger partial charge in [0.25, 0.3) is 5.91 Å². The minimum atomic E-state index is -0.198. The van der Waals surface area contributed by atoms with Crippen LogP contribution in [0.25, 0.3) is 0 Å². The van der Waals surface area contributed by atoms with Crippen LogP contribution in [0.4, 0.5) is 5.69 Å². The zero-order valence-corrected chi connectivity index (χ0v) is 14.1. The van der Waals surface area contributed by atoms with Crippen LogP contribution in [0.15, 0.2) is 48.5 Å². The minimum absolute atomic E-state index is 0.0731. The first-order valence-electron chi connectivity index (χ1n) is 8.07. The molecule has 0 atom stereocenters. The van der Waals surface area contributed by atoms with Crippen LogP contribution >= 0.6 is 0 Å². The predicted octanol–water partition coefficient (Wildman–Crippen LogP) is 2.81. The second-order valence-electron chi connectivity index (χ2n) is 5.69. The molecule has 1 amide bonds. The topological polar surface area (TPSA) is 70.6 Å². The molecule has 0 spiro atoms. The summed E-state index contributed by atoms with van der Waals surface area (Å²) in [6.45, 7) is 4.77. The van der Waals surface area contributed by atoms with Crippen LogP contribution < -0.4 is 15.4 Å². The van der Waals surface area contributed by atoms with E-state index in [-0.39, 0.29) is 25.2 Å². The van der Waals surface area contributed by atoms with Gasteiger partial charge in [0.2, 0.25) is 0 Å². The fraction of sp³-hybridized carbons (Fsp3) is 0.316. The van der Waals surface area contributed by atoms with E-state index in [1.165, 1.54) is 0 Å². The Labute approximate surface area is 142 Å². The Kier molecular flexibility index (Phi) is 6.63. The fourth-order valence-electron chi connectivity index (χ4n) is 2.26. The molecule has 0 saturated carbocycles. The Hall–Kier alpha value is -2.53. The molecule has 0 aliphatic rings. The molecular formula is C19H24N2O3. The van der Waals surface area contributed by atoms with Gasteiger partial charge in [0.05, 0.1) is 12.7 Å². The Balaban J connectivity index is 2.03. The molecule has 3 N–H and O–H groups in total. The number of anilines is 1. The summed E-state index contributed by atoms with van der Waals surface area (Å²) in [4.78, 5) is 11.9. The molecule has 0 aliphatic heterocycles. The molecule has 0 radical (unpaired) electrons. The van der Waals surface area contributed by atoms with E-state index in [1.54, 1.807) is 12.1 Å². The Bertz CT molecular complexity index is 671.